The molecule has 1 unspecified atom stereocenters. The highest BCUT2D eigenvalue weighted by atomic mass is 35.5. The number of hydrogen-bond donors (Lipinski definition) is 0. The van der Waals surface area contributed by atoms with Gasteiger partial charge in [-0.05, 0) is 11.6 Å². The van der Waals surface area contributed by atoms with Crippen molar-refractivity contribution in [1.82, 2.24) is 0 Å². The van der Waals surface area contributed by atoms with Crippen LogP contribution in [0, 0.1) is 6.17 Å². The molecule has 1 atom stereocenters. The van der Waals surface area contributed by atoms with Crippen LogP contribution in [0.3, 0.4) is 0 Å². The number of halogens is 3. The van der Waals surface area contributed by atoms with Gasteiger partial charge < -0.3 is 4.74 Å². The smallest absolute Gasteiger partial charge is 0.327 e. The predicted molar refractivity (Wildman–Crippen MR) is 20.0 cm³/mol. The van der Waals surface area contributed by atoms with Crippen molar-refractivity contribution in [2.45, 2.75) is 5.31 Å². The van der Waals surface area contributed by atoms with Crippen LogP contribution in [-0.4, -0.2) is 11.9 Å². The molecule has 0 N–H and O–H groups in total. The fraction of sp³-hybridized carbons (Fsp3) is 0.667. The average Bonchev–Trinajstić information content (AvgIpc) is 1.63. The first-order valence-electron chi connectivity index (χ1n) is 1.66. The second kappa shape index (κ2) is 1.29. The molecule has 4 heteroatoms. The summed E-state index contributed by atoms with van der Waals surface area (Å²) in [5, 5.41) is -2.60. The lowest BCUT2D eigenvalue weighted by atomic mass is 10.3. The van der Waals surface area contributed by atoms with Gasteiger partial charge in [0, 0.05) is 0 Å². The zero-order valence-corrected chi connectivity index (χ0v) is 4.01. The minimum atomic E-state index is -2.60. The van der Waals surface area contributed by atoms with Crippen LogP contribution in [0.25, 0.3) is 0 Å². The Morgan fingerprint density at radius 1 is 1.86 bits per heavy atom. The van der Waals surface area contributed by atoms with E-state index in [0.29, 0.717) is 0 Å². The Morgan fingerprint density at radius 2 is 2.29 bits per heavy atom. The van der Waals surface area contributed by atoms with E-state index in [2.05, 4.69) is 16.3 Å². The summed E-state index contributed by atoms with van der Waals surface area (Å²) >= 11 is 4.65. The molecule has 1 fully saturated rings. The first-order chi connectivity index (χ1) is 3.13. The van der Waals surface area contributed by atoms with Gasteiger partial charge in [-0.15, -0.1) is 0 Å². The van der Waals surface area contributed by atoms with E-state index in [0.717, 1.165) is 0 Å². The van der Waals surface area contributed by atoms with E-state index < -0.39 is 11.5 Å². The standard InChI is InChI=1S/C3H2ClF2O/c4-3(6)2(5)1-7-3/h1H2. The fourth-order valence-electron chi connectivity index (χ4n) is 0.236. The van der Waals surface area contributed by atoms with Crippen LogP contribution in [0.15, 0.2) is 0 Å². The van der Waals surface area contributed by atoms with Crippen LogP contribution in [0.2, 0.25) is 0 Å². The van der Waals surface area contributed by atoms with Crippen molar-refractivity contribution in [2.75, 3.05) is 6.61 Å². The van der Waals surface area contributed by atoms with Gasteiger partial charge in [0.1, 0.15) is 0 Å². The molecule has 1 aliphatic heterocycles. The molecule has 1 rings (SSSR count). The molecule has 1 saturated heterocycles. The average molecular weight is 127 g/mol. The molecule has 1 heterocycles. The van der Waals surface area contributed by atoms with Crippen molar-refractivity contribution in [3.63, 3.8) is 0 Å². The van der Waals surface area contributed by atoms with Gasteiger partial charge >= 0.3 is 5.31 Å². The van der Waals surface area contributed by atoms with Gasteiger partial charge in [0.05, 0.1) is 6.61 Å². The summed E-state index contributed by atoms with van der Waals surface area (Å²) in [6.45, 7) is -0.306. The van der Waals surface area contributed by atoms with Crippen molar-refractivity contribution in [3.8, 4) is 0 Å². The van der Waals surface area contributed by atoms with Crippen LogP contribution in [0.4, 0.5) is 8.78 Å². The summed E-state index contributed by atoms with van der Waals surface area (Å²) in [4.78, 5) is 0. The van der Waals surface area contributed by atoms with Gasteiger partial charge in [-0.25, -0.2) is 4.39 Å². The molecule has 0 aromatic carbocycles. The molecule has 1 nitrogen and oxygen atoms in total. The second-order valence-electron chi connectivity index (χ2n) is 1.21. The van der Waals surface area contributed by atoms with Crippen molar-refractivity contribution >= 4 is 11.6 Å². The lowest BCUT2D eigenvalue weighted by Gasteiger charge is -2.29. The van der Waals surface area contributed by atoms with E-state index in [1.165, 1.54) is 0 Å². The highest BCUT2D eigenvalue weighted by Gasteiger charge is 2.50. The second-order valence-corrected chi connectivity index (χ2v) is 1.70. The summed E-state index contributed by atoms with van der Waals surface area (Å²) in [7, 11) is 0. The Balaban J connectivity index is 2.43. The van der Waals surface area contributed by atoms with Gasteiger partial charge in [-0.2, -0.15) is 4.39 Å². The van der Waals surface area contributed by atoms with Crippen molar-refractivity contribution < 1.29 is 13.5 Å². The summed E-state index contributed by atoms with van der Waals surface area (Å²) in [5.74, 6) is 0. The summed E-state index contributed by atoms with van der Waals surface area (Å²) in [6.07, 6.45) is -0.950. The maximum atomic E-state index is 11.7. The van der Waals surface area contributed by atoms with E-state index in [9.17, 15) is 8.78 Å². The number of hydrogen-bond acceptors (Lipinski definition) is 1. The molecular formula is C3H2ClF2O. The van der Waals surface area contributed by atoms with Crippen LogP contribution < -0.4 is 0 Å². The normalized spacial score (nSPS) is 43.3. The maximum absolute atomic E-state index is 11.7. The lowest BCUT2D eigenvalue weighted by molar-refractivity contribution is -0.173. The van der Waals surface area contributed by atoms with Gasteiger partial charge in [0.15, 0.2) is 0 Å². The Hall–Kier alpha value is 0.110. The molecule has 0 aromatic rings. The van der Waals surface area contributed by atoms with E-state index in [1.807, 2.05) is 0 Å². The summed E-state index contributed by atoms with van der Waals surface area (Å²) in [5.41, 5.74) is 0. The number of rotatable bonds is 0. The maximum Gasteiger partial charge on any atom is 0.327 e. The van der Waals surface area contributed by atoms with E-state index in [1.54, 1.807) is 0 Å². The Morgan fingerprint density at radius 3 is 2.29 bits per heavy atom. The topological polar surface area (TPSA) is 9.23 Å². The van der Waals surface area contributed by atoms with Crippen molar-refractivity contribution in [3.05, 3.63) is 6.17 Å². The third-order valence-electron chi connectivity index (χ3n) is 0.696. The van der Waals surface area contributed by atoms with E-state index in [-0.39, 0.29) is 6.61 Å². The van der Waals surface area contributed by atoms with Gasteiger partial charge in [0.2, 0.25) is 6.17 Å². The largest absolute Gasteiger partial charge is 0.327 e. The zero-order valence-electron chi connectivity index (χ0n) is 3.25. The first-order valence-corrected chi connectivity index (χ1v) is 2.04. The fourth-order valence-corrected chi connectivity index (χ4v) is 0.345. The van der Waals surface area contributed by atoms with E-state index in [4.69, 9.17) is 0 Å². The van der Waals surface area contributed by atoms with Crippen molar-refractivity contribution in [1.29, 1.82) is 0 Å². The monoisotopic (exact) mass is 127 g/mol. The molecule has 0 saturated carbocycles. The van der Waals surface area contributed by atoms with E-state index >= 15 is 0 Å². The molecule has 0 amide bonds. The van der Waals surface area contributed by atoms with Gasteiger partial charge in [-0.3, -0.25) is 0 Å². The predicted octanol–water partition coefficient (Wildman–Crippen LogP) is 1.38. The lowest BCUT2D eigenvalue weighted by Crippen LogP contribution is -2.40. The highest BCUT2D eigenvalue weighted by Crippen LogP contribution is 2.40. The molecule has 0 aromatic heterocycles. The molecule has 0 spiro atoms. The van der Waals surface area contributed by atoms with Crippen LogP contribution >= 0.6 is 11.6 Å². The summed E-state index contributed by atoms with van der Waals surface area (Å²) < 4.78 is 27.2. The SMILES string of the molecule is F[C]1COC1(F)Cl. The third kappa shape index (κ3) is 0.704. The van der Waals surface area contributed by atoms with Gasteiger partial charge in [0.25, 0.3) is 0 Å². The van der Waals surface area contributed by atoms with Crippen LogP contribution in [0.5, 0.6) is 0 Å². The molecule has 41 valence electrons. The van der Waals surface area contributed by atoms with Crippen LogP contribution in [0.1, 0.15) is 0 Å². The molecular weight excluding hydrogens is 125 g/mol. The zero-order chi connectivity index (χ0) is 5.49. The molecule has 0 bridgehead atoms. The minimum absolute atomic E-state index is 0.306. The first kappa shape index (κ1) is 5.25. The van der Waals surface area contributed by atoms with Crippen molar-refractivity contribution in [2.24, 2.45) is 0 Å². The molecule has 1 aliphatic rings. The summed E-state index contributed by atoms with van der Waals surface area (Å²) in [6, 6.07) is 0. The molecule has 7 heavy (non-hydrogen) atoms. The number of alkyl halides is 2. The third-order valence-corrected chi connectivity index (χ3v) is 1.01. The highest BCUT2D eigenvalue weighted by molar-refractivity contribution is 6.23. The molecule has 1 radical (unpaired) electrons. The Kier molecular flexibility index (Phi) is 0.970. The minimum Gasteiger partial charge on any atom is -0.327 e. The molecule has 0 aliphatic carbocycles. The Bertz CT molecular complexity index is 85.0. The van der Waals surface area contributed by atoms with Crippen LogP contribution in [-0.2, 0) is 4.74 Å². The Labute approximate surface area is 44.2 Å². The van der Waals surface area contributed by atoms with Gasteiger partial charge in [-0.1, -0.05) is 0 Å². The number of ether oxygens (including phenoxy) is 1. The quantitative estimate of drug-likeness (QED) is 0.447.